The number of carbonyl (C=O) groups excluding carboxylic acids is 1. The Morgan fingerprint density at radius 1 is 1.21 bits per heavy atom. The molecule has 3 fully saturated rings. The normalized spacial score (nSPS) is 27.2. The predicted molar refractivity (Wildman–Crippen MR) is 124 cm³/mol. The van der Waals surface area contributed by atoms with Gasteiger partial charge in [0.2, 0.25) is 0 Å². The molecule has 0 aromatic heterocycles. The number of hydrogen-bond donors (Lipinski definition) is 0. The van der Waals surface area contributed by atoms with Crippen molar-refractivity contribution in [3.63, 3.8) is 0 Å². The zero-order valence-corrected chi connectivity index (χ0v) is 21.3. The molecule has 3 unspecified atom stereocenters. The Kier molecular flexibility index (Phi) is 10.00. The maximum atomic E-state index is 12.0. The van der Waals surface area contributed by atoms with E-state index in [-0.39, 0.29) is 11.4 Å². The van der Waals surface area contributed by atoms with E-state index in [9.17, 15) is 4.79 Å². The fraction of sp³-hybridized carbons (Fsp3) is 0.955. The number of piperidine rings is 3. The van der Waals surface area contributed by atoms with Crippen LogP contribution in [0.1, 0.15) is 52.9 Å². The number of nitrogens with zero attached hydrogens (tertiary/aromatic N) is 1. The van der Waals surface area contributed by atoms with Crippen molar-refractivity contribution in [2.24, 2.45) is 17.3 Å². The molecule has 5 nitrogen and oxygen atoms in total. The number of fused-ring (bicyclic) bond motifs is 3. The SMILES string of the molecule is CO[Si](C)(CCCSCCC1CN2CCC1C[C@H]2COC(=O)CC(C)(C)C)OC. The molecule has 3 rings (SSSR count). The number of carbonyl (C=O) groups is 1. The summed E-state index contributed by atoms with van der Waals surface area (Å²) in [6.07, 6.45) is 5.50. The van der Waals surface area contributed by atoms with Crippen LogP contribution in [-0.2, 0) is 18.4 Å². The third-order valence-electron chi connectivity index (χ3n) is 6.54. The summed E-state index contributed by atoms with van der Waals surface area (Å²) < 4.78 is 16.7. The molecule has 3 aliphatic heterocycles. The maximum Gasteiger partial charge on any atom is 0.334 e. The van der Waals surface area contributed by atoms with E-state index in [1.165, 1.54) is 50.3 Å². The summed E-state index contributed by atoms with van der Waals surface area (Å²) in [5.41, 5.74) is -0.000358. The van der Waals surface area contributed by atoms with Gasteiger partial charge < -0.3 is 13.6 Å². The highest BCUT2D eigenvalue weighted by atomic mass is 32.2. The van der Waals surface area contributed by atoms with Gasteiger partial charge in [-0.15, -0.1) is 0 Å². The highest BCUT2D eigenvalue weighted by Gasteiger charge is 2.40. The molecular weight excluding hydrogens is 402 g/mol. The summed E-state index contributed by atoms with van der Waals surface area (Å²) >= 11 is 2.08. The van der Waals surface area contributed by atoms with E-state index in [2.05, 4.69) is 44.0 Å². The van der Waals surface area contributed by atoms with E-state index in [4.69, 9.17) is 13.6 Å². The van der Waals surface area contributed by atoms with Crippen molar-refractivity contribution in [1.29, 1.82) is 0 Å². The lowest BCUT2D eigenvalue weighted by atomic mass is 9.74. The first kappa shape index (κ1) is 25.2. The average Bonchev–Trinajstić information content (AvgIpc) is 2.68. The molecule has 0 spiro atoms. The van der Waals surface area contributed by atoms with Gasteiger partial charge in [0.1, 0.15) is 6.61 Å². The molecule has 0 amide bonds. The predicted octanol–water partition coefficient (Wildman–Crippen LogP) is 4.55. The summed E-state index contributed by atoms with van der Waals surface area (Å²) in [6.45, 7) is 11.3. The molecule has 0 saturated carbocycles. The van der Waals surface area contributed by atoms with Gasteiger partial charge >= 0.3 is 14.5 Å². The molecule has 3 saturated heterocycles. The number of thioether (sulfide) groups is 1. The summed E-state index contributed by atoms with van der Waals surface area (Å²) in [5.74, 6) is 4.02. The Bertz CT molecular complexity index is 510. The second-order valence-electron chi connectivity index (χ2n) is 10.2. The van der Waals surface area contributed by atoms with Gasteiger partial charge in [-0.3, -0.25) is 9.69 Å². The zero-order chi connectivity index (χ0) is 21.5. The number of esters is 1. The topological polar surface area (TPSA) is 48.0 Å². The molecule has 2 bridgehead atoms. The van der Waals surface area contributed by atoms with Crippen LogP contribution in [0.5, 0.6) is 0 Å². The number of hydrogen-bond acceptors (Lipinski definition) is 6. The summed E-state index contributed by atoms with van der Waals surface area (Å²) in [6, 6.07) is 1.51. The molecule has 0 N–H and O–H groups in total. The van der Waals surface area contributed by atoms with Gasteiger partial charge in [0.25, 0.3) is 0 Å². The van der Waals surface area contributed by atoms with Crippen LogP contribution < -0.4 is 0 Å². The Morgan fingerprint density at radius 2 is 1.93 bits per heavy atom. The summed E-state index contributed by atoms with van der Waals surface area (Å²) in [4.78, 5) is 14.6. The van der Waals surface area contributed by atoms with Crippen molar-refractivity contribution in [2.45, 2.75) is 71.5 Å². The molecule has 29 heavy (non-hydrogen) atoms. The Hall–Kier alpha value is -0.0831. The highest BCUT2D eigenvalue weighted by Crippen LogP contribution is 2.38. The monoisotopic (exact) mass is 445 g/mol. The third-order valence-corrected chi connectivity index (χ3v) is 10.6. The smallest absolute Gasteiger partial charge is 0.334 e. The first-order valence-corrected chi connectivity index (χ1v) is 14.9. The highest BCUT2D eigenvalue weighted by molar-refractivity contribution is 7.99. The van der Waals surface area contributed by atoms with Gasteiger partial charge in [-0.1, -0.05) is 20.8 Å². The molecular formula is C22H43NO4SSi. The van der Waals surface area contributed by atoms with E-state index in [1.807, 2.05) is 0 Å². The van der Waals surface area contributed by atoms with Crippen LogP contribution >= 0.6 is 11.8 Å². The second-order valence-corrected chi connectivity index (χ2v) is 15.0. The molecule has 3 aliphatic rings. The Balaban J connectivity index is 1.62. The molecule has 0 aromatic rings. The van der Waals surface area contributed by atoms with Gasteiger partial charge in [-0.2, -0.15) is 11.8 Å². The molecule has 170 valence electrons. The van der Waals surface area contributed by atoms with Gasteiger partial charge in [0, 0.05) is 26.8 Å². The fourth-order valence-corrected chi connectivity index (χ4v) is 7.21. The second kappa shape index (κ2) is 11.5. The van der Waals surface area contributed by atoms with Gasteiger partial charge in [0.05, 0.1) is 6.42 Å². The van der Waals surface area contributed by atoms with Crippen LogP contribution in [0.25, 0.3) is 0 Å². The number of rotatable bonds is 12. The molecule has 4 atom stereocenters. The van der Waals surface area contributed by atoms with E-state index in [1.54, 1.807) is 14.2 Å². The number of ether oxygens (including phenoxy) is 1. The lowest BCUT2D eigenvalue weighted by Crippen LogP contribution is -2.55. The minimum Gasteiger partial charge on any atom is -0.464 e. The van der Waals surface area contributed by atoms with Crippen LogP contribution in [0.2, 0.25) is 12.6 Å². The zero-order valence-electron chi connectivity index (χ0n) is 19.5. The van der Waals surface area contributed by atoms with E-state index in [0.29, 0.717) is 19.1 Å². The minimum absolute atomic E-state index is 0.000358. The first-order chi connectivity index (χ1) is 13.7. The van der Waals surface area contributed by atoms with E-state index < -0.39 is 8.56 Å². The quantitative estimate of drug-likeness (QED) is 0.249. The van der Waals surface area contributed by atoms with Crippen LogP contribution in [-0.4, -0.2) is 70.9 Å². The van der Waals surface area contributed by atoms with Crippen molar-refractivity contribution >= 4 is 26.3 Å². The van der Waals surface area contributed by atoms with Crippen molar-refractivity contribution in [1.82, 2.24) is 4.90 Å². The molecule has 0 aromatic carbocycles. The third kappa shape index (κ3) is 8.52. The van der Waals surface area contributed by atoms with Crippen LogP contribution in [0.3, 0.4) is 0 Å². The lowest BCUT2D eigenvalue weighted by Gasteiger charge is -2.49. The van der Waals surface area contributed by atoms with Gasteiger partial charge in [-0.05, 0) is 73.6 Å². The standard InChI is InChI=1S/C22H43NO4SSi/c1-22(2,3)15-21(24)27-17-20-14-18-8-10-23(20)16-19(18)9-12-28-11-7-13-29(6,25-4)26-5/h18-20H,7-17H2,1-6H3/t18?,19?,20-/m0/s1. The van der Waals surface area contributed by atoms with Crippen LogP contribution in [0, 0.1) is 17.3 Å². The van der Waals surface area contributed by atoms with Crippen LogP contribution in [0.15, 0.2) is 0 Å². The van der Waals surface area contributed by atoms with Gasteiger partial charge in [-0.25, -0.2) is 0 Å². The maximum absolute atomic E-state index is 12.0. The minimum atomic E-state index is -1.89. The molecule has 0 radical (unpaired) electrons. The van der Waals surface area contributed by atoms with Crippen LogP contribution in [0.4, 0.5) is 0 Å². The van der Waals surface area contributed by atoms with Crippen molar-refractivity contribution in [3.05, 3.63) is 0 Å². The van der Waals surface area contributed by atoms with E-state index in [0.717, 1.165) is 17.9 Å². The molecule has 7 heteroatoms. The van der Waals surface area contributed by atoms with Crippen molar-refractivity contribution in [2.75, 3.05) is 45.4 Å². The molecule has 3 heterocycles. The summed E-state index contributed by atoms with van der Waals surface area (Å²) in [5, 5.41) is 0. The Labute approximate surface area is 183 Å². The largest absolute Gasteiger partial charge is 0.464 e. The summed E-state index contributed by atoms with van der Waals surface area (Å²) in [7, 11) is 1.65. The average molecular weight is 446 g/mol. The first-order valence-electron chi connectivity index (χ1n) is 11.2. The Morgan fingerprint density at radius 3 is 2.52 bits per heavy atom. The molecule has 0 aliphatic carbocycles. The van der Waals surface area contributed by atoms with E-state index >= 15 is 0 Å². The lowest BCUT2D eigenvalue weighted by molar-refractivity contribution is -0.149. The van der Waals surface area contributed by atoms with Gasteiger partial charge in [0.15, 0.2) is 0 Å². The fourth-order valence-electron chi connectivity index (χ4n) is 4.54. The van der Waals surface area contributed by atoms with Crippen molar-refractivity contribution in [3.8, 4) is 0 Å². The van der Waals surface area contributed by atoms with Crippen molar-refractivity contribution < 1.29 is 18.4 Å².